The number of hydrogen-bond acceptors (Lipinski definition) is 4. The van der Waals surface area contributed by atoms with E-state index in [0.29, 0.717) is 19.7 Å². The van der Waals surface area contributed by atoms with Crippen LogP contribution in [-0.4, -0.2) is 30.6 Å². The minimum absolute atomic E-state index is 0.241. The van der Waals surface area contributed by atoms with Gasteiger partial charge in [0.2, 0.25) is 0 Å². The van der Waals surface area contributed by atoms with E-state index in [-0.39, 0.29) is 17.7 Å². The summed E-state index contributed by atoms with van der Waals surface area (Å²) in [6, 6.07) is 1.44. The zero-order valence-electron chi connectivity index (χ0n) is 10.6. The third-order valence-electron chi connectivity index (χ3n) is 3.55. The molecule has 0 saturated carbocycles. The van der Waals surface area contributed by atoms with E-state index in [2.05, 4.69) is 10.3 Å². The highest BCUT2D eigenvalue weighted by Crippen LogP contribution is 2.35. The highest BCUT2D eigenvalue weighted by Gasteiger charge is 2.45. The predicted octanol–water partition coefficient (Wildman–Crippen LogP) is 1.26. The lowest BCUT2D eigenvalue weighted by atomic mass is 9.75. The maximum absolute atomic E-state index is 13.3. The predicted molar refractivity (Wildman–Crippen MR) is 64.5 cm³/mol. The number of pyridine rings is 1. The molecule has 18 heavy (non-hydrogen) atoms. The maximum Gasteiger partial charge on any atom is 0.311 e. The van der Waals surface area contributed by atoms with Crippen LogP contribution in [0.1, 0.15) is 19.4 Å². The van der Waals surface area contributed by atoms with Gasteiger partial charge in [-0.25, -0.2) is 4.39 Å². The van der Waals surface area contributed by atoms with Crippen LogP contribution >= 0.6 is 0 Å². The first-order chi connectivity index (χ1) is 8.58. The summed E-state index contributed by atoms with van der Waals surface area (Å²) >= 11 is 0. The quantitative estimate of drug-likeness (QED) is 0.823. The summed E-state index contributed by atoms with van der Waals surface area (Å²) in [5.41, 5.74) is 0.256. The van der Waals surface area contributed by atoms with Gasteiger partial charge in [0.15, 0.2) is 0 Å². The summed E-state index contributed by atoms with van der Waals surface area (Å²) in [4.78, 5) is 15.8. The van der Waals surface area contributed by atoms with Crippen molar-refractivity contribution in [3.8, 4) is 0 Å². The standard InChI is InChI=1S/C13H17FN2O2/c1-3-18-12(17)11-7-16-8-13(11,2)9-4-10(14)6-15-5-9/h4-6,11,16H,3,7-8H2,1-2H3. The van der Waals surface area contributed by atoms with Gasteiger partial charge < -0.3 is 10.1 Å². The lowest BCUT2D eigenvalue weighted by Gasteiger charge is -2.29. The van der Waals surface area contributed by atoms with Crippen LogP contribution in [0.3, 0.4) is 0 Å². The Balaban J connectivity index is 2.31. The summed E-state index contributed by atoms with van der Waals surface area (Å²) in [5.74, 6) is -0.932. The van der Waals surface area contributed by atoms with E-state index in [1.165, 1.54) is 6.07 Å². The molecule has 0 bridgehead atoms. The fourth-order valence-corrected chi connectivity index (χ4v) is 2.44. The minimum Gasteiger partial charge on any atom is -0.466 e. The molecule has 1 aliphatic heterocycles. The van der Waals surface area contributed by atoms with E-state index >= 15 is 0 Å². The molecule has 1 saturated heterocycles. The Bertz CT molecular complexity index is 452. The number of esters is 1. The lowest BCUT2D eigenvalue weighted by molar-refractivity contribution is -0.149. The number of aromatic nitrogens is 1. The normalized spacial score (nSPS) is 27.2. The van der Waals surface area contributed by atoms with Gasteiger partial charge in [-0.1, -0.05) is 6.92 Å². The molecule has 1 aromatic rings. The monoisotopic (exact) mass is 252 g/mol. The first kappa shape index (κ1) is 13.0. The van der Waals surface area contributed by atoms with Crippen LogP contribution in [0.15, 0.2) is 18.5 Å². The molecule has 0 amide bonds. The first-order valence-electron chi connectivity index (χ1n) is 6.06. The highest BCUT2D eigenvalue weighted by molar-refractivity contribution is 5.75. The van der Waals surface area contributed by atoms with E-state index < -0.39 is 5.41 Å². The van der Waals surface area contributed by atoms with Gasteiger partial charge in [-0.2, -0.15) is 0 Å². The lowest BCUT2D eigenvalue weighted by Crippen LogP contribution is -2.37. The third kappa shape index (κ3) is 2.22. The summed E-state index contributed by atoms with van der Waals surface area (Å²) in [6.07, 6.45) is 2.77. The Labute approximate surface area is 106 Å². The molecule has 1 N–H and O–H groups in total. The fraction of sp³-hybridized carbons (Fsp3) is 0.538. The Kier molecular flexibility index (Phi) is 3.61. The van der Waals surface area contributed by atoms with Crippen molar-refractivity contribution in [1.29, 1.82) is 0 Å². The van der Waals surface area contributed by atoms with Crippen molar-refractivity contribution >= 4 is 5.97 Å². The second kappa shape index (κ2) is 5.02. The van der Waals surface area contributed by atoms with Crippen molar-refractivity contribution in [2.45, 2.75) is 19.3 Å². The van der Waals surface area contributed by atoms with Gasteiger partial charge in [-0.15, -0.1) is 0 Å². The van der Waals surface area contributed by atoms with E-state index in [0.717, 1.165) is 11.8 Å². The van der Waals surface area contributed by atoms with Crippen LogP contribution in [0.5, 0.6) is 0 Å². The number of ether oxygens (including phenoxy) is 1. The largest absolute Gasteiger partial charge is 0.466 e. The van der Waals surface area contributed by atoms with Crippen LogP contribution in [0.4, 0.5) is 4.39 Å². The number of carbonyl (C=O) groups excluding carboxylic acids is 1. The van der Waals surface area contributed by atoms with Gasteiger partial charge in [0, 0.05) is 24.7 Å². The molecule has 0 spiro atoms. The van der Waals surface area contributed by atoms with Gasteiger partial charge in [0.05, 0.1) is 18.7 Å². The molecule has 2 heterocycles. The molecule has 1 aliphatic rings. The molecule has 0 radical (unpaired) electrons. The molecule has 5 heteroatoms. The van der Waals surface area contributed by atoms with Gasteiger partial charge >= 0.3 is 5.97 Å². The van der Waals surface area contributed by atoms with Crippen molar-refractivity contribution in [2.75, 3.05) is 19.7 Å². The fourth-order valence-electron chi connectivity index (χ4n) is 2.44. The molecule has 1 aromatic heterocycles. The molecule has 2 rings (SSSR count). The molecule has 0 aliphatic carbocycles. The summed E-state index contributed by atoms with van der Waals surface area (Å²) in [5, 5.41) is 3.17. The number of halogens is 1. The summed E-state index contributed by atoms with van der Waals surface area (Å²) < 4.78 is 18.3. The van der Waals surface area contributed by atoms with Crippen molar-refractivity contribution < 1.29 is 13.9 Å². The summed E-state index contributed by atoms with van der Waals surface area (Å²) in [7, 11) is 0. The molecule has 2 atom stereocenters. The molecular weight excluding hydrogens is 235 g/mol. The average molecular weight is 252 g/mol. The Morgan fingerprint density at radius 1 is 1.67 bits per heavy atom. The average Bonchev–Trinajstić information content (AvgIpc) is 2.73. The minimum atomic E-state index is -0.471. The molecule has 2 unspecified atom stereocenters. The van der Waals surface area contributed by atoms with Crippen molar-refractivity contribution in [3.05, 3.63) is 29.8 Å². The van der Waals surface area contributed by atoms with Crippen LogP contribution < -0.4 is 5.32 Å². The van der Waals surface area contributed by atoms with Crippen molar-refractivity contribution in [2.24, 2.45) is 5.92 Å². The molecule has 4 nitrogen and oxygen atoms in total. The highest BCUT2D eigenvalue weighted by atomic mass is 19.1. The number of nitrogens with zero attached hydrogens (tertiary/aromatic N) is 1. The van der Waals surface area contributed by atoms with E-state index in [1.807, 2.05) is 6.92 Å². The van der Waals surface area contributed by atoms with E-state index in [4.69, 9.17) is 4.74 Å². The second-order valence-corrected chi connectivity index (χ2v) is 4.74. The zero-order valence-corrected chi connectivity index (χ0v) is 10.6. The first-order valence-corrected chi connectivity index (χ1v) is 6.06. The Morgan fingerprint density at radius 2 is 2.44 bits per heavy atom. The maximum atomic E-state index is 13.3. The van der Waals surface area contributed by atoms with Gasteiger partial charge in [-0.3, -0.25) is 9.78 Å². The second-order valence-electron chi connectivity index (χ2n) is 4.74. The Hall–Kier alpha value is -1.49. The van der Waals surface area contributed by atoms with Crippen LogP contribution in [0, 0.1) is 11.7 Å². The Morgan fingerprint density at radius 3 is 3.11 bits per heavy atom. The zero-order chi connectivity index (χ0) is 13.2. The number of nitrogens with one attached hydrogen (secondary N) is 1. The number of hydrogen-bond donors (Lipinski definition) is 1. The van der Waals surface area contributed by atoms with Gasteiger partial charge in [0.1, 0.15) is 5.82 Å². The van der Waals surface area contributed by atoms with Crippen LogP contribution in [0.2, 0.25) is 0 Å². The third-order valence-corrected chi connectivity index (χ3v) is 3.55. The summed E-state index contributed by atoms with van der Waals surface area (Å²) in [6.45, 7) is 5.23. The topological polar surface area (TPSA) is 51.2 Å². The van der Waals surface area contributed by atoms with Gasteiger partial charge in [0.25, 0.3) is 0 Å². The van der Waals surface area contributed by atoms with Gasteiger partial charge in [-0.05, 0) is 18.6 Å². The SMILES string of the molecule is CCOC(=O)C1CNCC1(C)c1cncc(F)c1. The molecular formula is C13H17FN2O2. The molecule has 98 valence electrons. The number of carbonyl (C=O) groups is 1. The van der Waals surface area contributed by atoms with Crippen molar-refractivity contribution in [3.63, 3.8) is 0 Å². The number of rotatable bonds is 3. The molecule has 0 aromatic carbocycles. The van der Waals surface area contributed by atoms with Crippen LogP contribution in [0.25, 0.3) is 0 Å². The molecule has 1 fully saturated rings. The van der Waals surface area contributed by atoms with E-state index in [1.54, 1.807) is 13.1 Å². The van der Waals surface area contributed by atoms with Crippen LogP contribution in [-0.2, 0) is 14.9 Å². The van der Waals surface area contributed by atoms with E-state index in [9.17, 15) is 9.18 Å². The smallest absolute Gasteiger partial charge is 0.311 e. The van der Waals surface area contributed by atoms with Crippen molar-refractivity contribution in [1.82, 2.24) is 10.3 Å².